The molecular weight excluding hydrogens is 178 g/mol. The predicted octanol–water partition coefficient (Wildman–Crippen LogP) is 0.622. The number of aryl methyl sites for hydroxylation is 1. The topological polar surface area (TPSA) is 38.2 Å². The second-order valence-electron chi connectivity index (χ2n) is 4.41. The van der Waals surface area contributed by atoms with E-state index in [9.17, 15) is 0 Å². The summed E-state index contributed by atoms with van der Waals surface area (Å²) in [6.07, 6.45) is 3.73. The van der Waals surface area contributed by atoms with Gasteiger partial charge in [0.25, 0.3) is 0 Å². The Balaban J connectivity index is 1.70. The largest absolute Gasteiger partial charge is 0.380 e. The molecule has 74 valence electrons. The molecule has 14 heavy (non-hydrogen) atoms. The van der Waals surface area contributed by atoms with Crippen molar-refractivity contribution >= 4 is 5.95 Å². The minimum atomic E-state index is 0.439. The number of anilines is 1. The summed E-state index contributed by atoms with van der Waals surface area (Å²) in [5, 5.41) is 0. The summed E-state index contributed by atoms with van der Waals surface area (Å²) in [6, 6.07) is 0. The molecule has 2 aliphatic rings. The lowest BCUT2D eigenvalue weighted by Crippen LogP contribution is -2.66. The van der Waals surface area contributed by atoms with E-state index in [0.717, 1.165) is 37.8 Å². The van der Waals surface area contributed by atoms with Crippen LogP contribution in [-0.2, 0) is 4.74 Å². The Labute approximate surface area is 82.9 Å². The van der Waals surface area contributed by atoms with Gasteiger partial charge in [-0.1, -0.05) is 0 Å². The molecule has 2 fully saturated rings. The van der Waals surface area contributed by atoms with Gasteiger partial charge >= 0.3 is 0 Å². The van der Waals surface area contributed by atoms with Crippen molar-refractivity contribution in [3.05, 3.63) is 18.0 Å². The van der Waals surface area contributed by atoms with Crippen LogP contribution < -0.4 is 4.90 Å². The molecule has 2 saturated heterocycles. The highest BCUT2D eigenvalue weighted by Crippen LogP contribution is 2.38. The number of nitrogens with zero attached hydrogens (tertiary/aromatic N) is 3. The Bertz CT molecular complexity index is 337. The molecule has 3 heterocycles. The van der Waals surface area contributed by atoms with Crippen molar-refractivity contribution in [1.82, 2.24) is 9.97 Å². The number of aromatic nitrogens is 2. The standard InChI is InChI=1S/C10H13N3O/c1-8-2-11-9(12-3-8)13-4-10(5-13)6-14-7-10/h2-3H,4-7H2,1H3. The van der Waals surface area contributed by atoms with Crippen LogP contribution in [0.5, 0.6) is 0 Å². The maximum absolute atomic E-state index is 5.22. The third-order valence-corrected chi connectivity index (χ3v) is 2.92. The molecule has 1 aromatic heterocycles. The van der Waals surface area contributed by atoms with Gasteiger partial charge in [-0.05, 0) is 12.5 Å². The van der Waals surface area contributed by atoms with E-state index in [2.05, 4.69) is 14.9 Å². The van der Waals surface area contributed by atoms with Crippen molar-refractivity contribution in [3.63, 3.8) is 0 Å². The fourth-order valence-corrected chi connectivity index (χ4v) is 2.03. The Morgan fingerprint density at radius 2 is 1.93 bits per heavy atom. The van der Waals surface area contributed by atoms with Crippen LogP contribution in [-0.4, -0.2) is 36.3 Å². The van der Waals surface area contributed by atoms with Gasteiger partial charge in [0, 0.05) is 25.5 Å². The molecule has 0 N–H and O–H groups in total. The first-order valence-corrected chi connectivity index (χ1v) is 4.89. The number of hydrogen-bond donors (Lipinski definition) is 0. The second kappa shape index (κ2) is 2.67. The van der Waals surface area contributed by atoms with E-state index in [-0.39, 0.29) is 0 Å². The van der Waals surface area contributed by atoms with Crippen LogP contribution in [0.3, 0.4) is 0 Å². The molecule has 0 amide bonds. The monoisotopic (exact) mass is 191 g/mol. The molecule has 0 atom stereocenters. The predicted molar refractivity (Wildman–Crippen MR) is 52.2 cm³/mol. The van der Waals surface area contributed by atoms with Gasteiger partial charge in [0.15, 0.2) is 0 Å². The molecule has 0 bridgehead atoms. The van der Waals surface area contributed by atoms with E-state index < -0.39 is 0 Å². The Hall–Kier alpha value is -1.16. The molecule has 1 spiro atoms. The second-order valence-corrected chi connectivity index (χ2v) is 4.41. The quantitative estimate of drug-likeness (QED) is 0.652. The molecular formula is C10H13N3O. The van der Waals surface area contributed by atoms with Crippen molar-refractivity contribution < 1.29 is 4.74 Å². The summed E-state index contributed by atoms with van der Waals surface area (Å²) >= 11 is 0. The van der Waals surface area contributed by atoms with Crippen LogP contribution in [0, 0.1) is 12.3 Å². The van der Waals surface area contributed by atoms with Crippen molar-refractivity contribution in [2.75, 3.05) is 31.2 Å². The van der Waals surface area contributed by atoms with Crippen LogP contribution in [0.4, 0.5) is 5.95 Å². The summed E-state index contributed by atoms with van der Waals surface area (Å²) in [5.41, 5.74) is 1.55. The van der Waals surface area contributed by atoms with Gasteiger partial charge in [0.05, 0.1) is 18.6 Å². The molecule has 1 aromatic rings. The molecule has 0 radical (unpaired) electrons. The molecule has 3 rings (SSSR count). The zero-order chi connectivity index (χ0) is 9.60. The van der Waals surface area contributed by atoms with E-state index in [0.29, 0.717) is 5.41 Å². The summed E-state index contributed by atoms with van der Waals surface area (Å²) < 4.78 is 5.22. The smallest absolute Gasteiger partial charge is 0.225 e. The molecule has 4 nitrogen and oxygen atoms in total. The number of rotatable bonds is 1. The van der Waals surface area contributed by atoms with Crippen LogP contribution in [0.15, 0.2) is 12.4 Å². The van der Waals surface area contributed by atoms with Gasteiger partial charge in [-0.2, -0.15) is 0 Å². The Kier molecular flexibility index (Phi) is 1.56. The summed E-state index contributed by atoms with van der Waals surface area (Å²) in [4.78, 5) is 10.8. The van der Waals surface area contributed by atoms with Crippen molar-refractivity contribution in [2.45, 2.75) is 6.92 Å². The lowest BCUT2D eigenvalue weighted by molar-refractivity contribution is -0.127. The van der Waals surface area contributed by atoms with Gasteiger partial charge in [0.1, 0.15) is 0 Å². The maximum Gasteiger partial charge on any atom is 0.225 e. The fraction of sp³-hybridized carbons (Fsp3) is 0.600. The van der Waals surface area contributed by atoms with E-state index in [1.807, 2.05) is 19.3 Å². The van der Waals surface area contributed by atoms with Gasteiger partial charge in [-0.3, -0.25) is 0 Å². The summed E-state index contributed by atoms with van der Waals surface area (Å²) in [7, 11) is 0. The molecule has 0 unspecified atom stereocenters. The van der Waals surface area contributed by atoms with Gasteiger partial charge < -0.3 is 9.64 Å². The average molecular weight is 191 g/mol. The zero-order valence-corrected chi connectivity index (χ0v) is 8.23. The first-order valence-electron chi connectivity index (χ1n) is 4.89. The van der Waals surface area contributed by atoms with Crippen molar-refractivity contribution in [1.29, 1.82) is 0 Å². The van der Waals surface area contributed by atoms with Crippen LogP contribution >= 0.6 is 0 Å². The lowest BCUT2D eigenvalue weighted by atomic mass is 9.78. The summed E-state index contributed by atoms with van der Waals surface area (Å²) in [5.74, 6) is 0.855. The van der Waals surface area contributed by atoms with Crippen LogP contribution in [0.2, 0.25) is 0 Å². The van der Waals surface area contributed by atoms with E-state index in [1.165, 1.54) is 0 Å². The molecule has 0 saturated carbocycles. The zero-order valence-electron chi connectivity index (χ0n) is 8.23. The molecule has 0 aliphatic carbocycles. The Morgan fingerprint density at radius 1 is 1.29 bits per heavy atom. The van der Waals surface area contributed by atoms with Crippen molar-refractivity contribution in [2.24, 2.45) is 5.41 Å². The minimum Gasteiger partial charge on any atom is -0.380 e. The summed E-state index contributed by atoms with van der Waals surface area (Å²) in [6.45, 7) is 5.93. The normalized spacial score (nSPS) is 23.1. The van der Waals surface area contributed by atoms with Crippen LogP contribution in [0.1, 0.15) is 5.56 Å². The molecule has 4 heteroatoms. The van der Waals surface area contributed by atoms with Gasteiger partial charge in [-0.25, -0.2) is 9.97 Å². The molecule has 2 aliphatic heterocycles. The third kappa shape index (κ3) is 1.10. The van der Waals surface area contributed by atoms with Crippen LogP contribution in [0.25, 0.3) is 0 Å². The highest BCUT2D eigenvalue weighted by molar-refractivity contribution is 5.37. The first kappa shape index (κ1) is 8.17. The van der Waals surface area contributed by atoms with Gasteiger partial charge in [0.2, 0.25) is 5.95 Å². The van der Waals surface area contributed by atoms with E-state index in [4.69, 9.17) is 4.74 Å². The van der Waals surface area contributed by atoms with Gasteiger partial charge in [-0.15, -0.1) is 0 Å². The Morgan fingerprint density at radius 3 is 2.43 bits per heavy atom. The van der Waals surface area contributed by atoms with E-state index >= 15 is 0 Å². The lowest BCUT2D eigenvalue weighted by Gasteiger charge is -2.54. The number of ether oxygens (including phenoxy) is 1. The van der Waals surface area contributed by atoms with Crippen molar-refractivity contribution in [3.8, 4) is 0 Å². The third-order valence-electron chi connectivity index (χ3n) is 2.92. The average Bonchev–Trinajstić information content (AvgIpc) is 2.03. The fourth-order valence-electron chi connectivity index (χ4n) is 2.03. The highest BCUT2D eigenvalue weighted by Gasteiger charge is 2.49. The minimum absolute atomic E-state index is 0.439. The SMILES string of the molecule is Cc1cnc(N2CC3(COC3)C2)nc1. The first-order chi connectivity index (χ1) is 6.77. The highest BCUT2D eigenvalue weighted by atomic mass is 16.5. The number of hydrogen-bond acceptors (Lipinski definition) is 4. The maximum atomic E-state index is 5.22. The van der Waals surface area contributed by atoms with E-state index in [1.54, 1.807) is 0 Å². The molecule has 0 aromatic carbocycles.